The van der Waals surface area contributed by atoms with E-state index in [1.807, 2.05) is 7.05 Å². The Morgan fingerprint density at radius 2 is 1.78 bits per heavy atom. The summed E-state index contributed by atoms with van der Waals surface area (Å²) in [4.78, 5) is 9.23. The average molecular weight is 251 g/mol. The van der Waals surface area contributed by atoms with Gasteiger partial charge in [-0.15, -0.1) is 0 Å². The van der Waals surface area contributed by atoms with Crippen LogP contribution < -0.4 is 5.32 Å². The van der Waals surface area contributed by atoms with Gasteiger partial charge in [-0.3, -0.25) is 0 Å². The number of aromatic nitrogens is 2. The SMILES string of the molecule is CCC(OC)c1nc(C)c(C(C)CNC)c(C)n1. The van der Waals surface area contributed by atoms with Gasteiger partial charge >= 0.3 is 0 Å². The maximum Gasteiger partial charge on any atom is 0.157 e. The van der Waals surface area contributed by atoms with Crippen LogP contribution in [0, 0.1) is 13.8 Å². The van der Waals surface area contributed by atoms with Crippen LogP contribution in [0.2, 0.25) is 0 Å². The van der Waals surface area contributed by atoms with Gasteiger partial charge in [0.05, 0.1) is 0 Å². The van der Waals surface area contributed by atoms with Gasteiger partial charge in [0, 0.05) is 25.0 Å². The molecule has 4 heteroatoms. The van der Waals surface area contributed by atoms with Crippen molar-refractivity contribution in [1.29, 1.82) is 0 Å². The van der Waals surface area contributed by atoms with Gasteiger partial charge in [-0.25, -0.2) is 9.97 Å². The first-order valence-electron chi connectivity index (χ1n) is 6.57. The van der Waals surface area contributed by atoms with Gasteiger partial charge in [-0.1, -0.05) is 13.8 Å². The first kappa shape index (κ1) is 15.1. The monoisotopic (exact) mass is 251 g/mol. The van der Waals surface area contributed by atoms with Crippen molar-refractivity contribution in [2.45, 2.75) is 46.1 Å². The fourth-order valence-electron chi connectivity index (χ4n) is 2.47. The van der Waals surface area contributed by atoms with E-state index in [1.165, 1.54) is 5.56 Å². The first-order chi connectivity index (χ1) is 8.54. The molecule has 18 heavy (non-hydrogen) atoms. The third-order valence-corrected chi connectivity index (χ3v) is 3.29. The van der Waals surface area contributed by atoms with Crippen molar-refractivity contribution >= 4 is 0 Å². The molecule has 4 nitrogen and oxygen atoms in total. The van der Waals surface area contributed by atoms with Crippen molar-refractivity contribution < 1.29 is 4.74 Å². The molecule has 1 rings (SSSR count). The number of hydrogen-bond donors (Lipinski definition) is 1. The zero-order chi connectivity index (χ0) is 13.7. The predicted octanol–water partition coefficient (Wildman–Crippen LogP) is 2.51. The van der Waals surface area contributed by atoms with Crippen LogP contribution in [0.5, 0.6) is 0 Å². The molecule has 1 aromatic rings. The molecule has 0 aromatic carbocycles. The number of nitrogens with zero attached hydrogens (tertiary/aromatic N) is 2. The number of likely N-dealkylation sites (N-methyl/N-ethyl adjacent to an activating group) is 1. The number of hydrogen-bond acceptors (Lipinski definition) is 4. The van der Waals surface area contributed by atoms with Crippen LogP contribution in [-0.4, -0.2) is 30.7 Å². The minimum atomic E-state index is -0.00365. The Kier molecular flexibility index (Phi) is 5.69. The van der Waals surface area contributed by atoms with E-state index in [1.54, 1.807) is 7.11 Å². The molecular formula is C14H25N3O. The standard InChI is InChI=1S/C14H25N3O/c1-7-12(18-6)14-16-10(3)13(11(4)17-14)9(2)8-15-5/h9,12,15H,7-8H2,1-6H3. The van der Waals surface area contributed by atoms with E-state index in [9.17, 15) is 0 Å². The summed E-state index contributed by atoms with van der Waals surface area (Å²) < 4.78 is 5.41. The second-order valence-corrected chi connectivity index (χ2v) is 4.76. The molecule has 1 aromatic heterocycles. The molecule has 0 bridgehead atoms. The van der Waals surface area contributed by atoms with Crippen molar-refractivity contribution in [3.8, 4) is 0 Å². The van der Waals surface area contributed by atoms with Crippen molar-refractivity contribution in [2.24, 2.45) is 0 Å². The van der Waals surface area contributed by atoms with Crippen LogP contribution in [0.3, 0.4) is 0 Å². The minimum absolute atomic E-state index is 0.00365. The molecular weight excluding hydrogens is 226 g/mol. The Bertz CT molecular complexity index is 366. The van der Waals surface area contributed by atoms with Crippen LogP contribution in [-0.2, 0) is 4.74 Å². The van der Waals surface area contributed by atoms with Crippen LogP contribution in [0.15, 0.2) is 0 Å². The molecule has 0 aliphatic heterocycles. The normalized spacial score (nSPS) is 14.6. The van der Waals surface area contributed by atoms with E-state index in [2.05, 4.69) is 43.0 Å². The van der Waals surface area contributed by atoms with Gasteiger partial charge in [0.2, 0.25) is 0 Å². The van der Waals surface area contributed by atoms with Gasteiger partial charge in [-0.05, 0) is 38.8 Å². The summed E-state index contributed by atoms with van der Waals surface area (Å²) in [6.07, 6.45) is 0.886. The lowest BCUT2D eigenvalue weighted by Crippen LogP contribution is -2.19. The van der Waals surface area contributed by atoms with Crippen LogP contribution in [0.25, 0.3) is 0 Å². The van der Waals surface area contributed by atoms with Gasteiger partial charge in [0.1, 0.15) is 6.10 Å². The fourth-order valence-corrected chi connectivity index (χ4v) is 2.47. The molecule has 0 saturated carbocycles. The Balaban J connectivity index is 3.11. The lowest BCUT2D eigenvalue weighted by molar-refractivity contribution is 0.0922. The third kappa shape index (κ3) is 3.27. The molecule has 2 unspecified atom stereocenters. The Morgan fingerprint density at radius 3 is 2.17 bits per heavy atom. The highest BCUT2D eigenvalue weighted by molar-refractivity contribution is 5.28. The maximum absolute atomic E-state index is 5.41. The molecule has 1 heterocycles. The van der Waals surface area contributed by atoms with E-state index in [-0.39, 0.29) is 6.10 Å². The molecule has 0 spiro atoms. The molecule has 102 valence electrons. The molecule has 2 atom stereocenters. The van der Waals surface area contributed by atoms with Crippen molar-refractivity contribution in [3.05, 3.63) is 22.8 Å². The summed E-state index contributed by atoms with van der Waals surface area (Å²) >= 11 is 0. The van der Waals surface area contributed by atoms with Crippen LogP contribution in [0.4, 0.5) is 0 Å². The highest BCUT2D eigenvalue weighted by Crippen LogP contribution is 2.24. The number of nitrogens with one attached hydrogen (secondary N) is 1. The zero-order valence-corrected chi connectivity index (χ0v) is 12.4. The quantitative estimate of drug-likeness (QED) is 0.844. The molecule has 0 fully saturated rings. The molecule has 0 amide bonds. The second-order valence-electron chi connectivity index (χ2n) is 4.76. The van der Waals surface area contributed by atoms with Crippen LogP contribution >= 0.6 is 0 Å². The zero-order valence-electron chi connectivity index (χ0n) is 12.4. The van der Waals surface area contributed by atoms with Gasteiger partial charge in [-0.2, -0.15) is 0 Å². The topological polar surface area (TPSA) is 47.0 Å². The summed E-state index contributed by atoms with van der Waals surface area (Å²) in [6, 6.07) is 0. The molecule has 0 radical (unpaired) electrons. The largest absolute Gasteiger partial charge is 0.373 e. The highest BCUT2D eigenvalue weighted by Gasteiger charge is 2.18. The lowest BCUT2D eigenvalue weighted by atomic mass is 9.98. The second kappa shape index (κ2) is 6.81. The Labute approximate surface area is 110 Å². The summed E-state index contributed by atoms with van der Waals surface area (Å²) in [6.45, 7) is 9.33. The lowest BCUT2D eigenvalue weighted by Gasteiger charge is -2.19. The van der Waals surface area contributed by atoms with E-state index in [0.29, 0.717) is 5.92 Å². The summed E-state index contributed by atoms with van der Waals surface area (Å²) in [5.74, 6) is 1.22. The van der Waals surface area contributed by atoms with E-state index >= 15 is 0 Å². The Morgan fingerprint density at radius 1 is 1.22 bits per heavy atom. The van der Waals surface area contributed by atoms with Crippen LogP contribution in [0.1, 0.15) is 55.1 Å². The molecule has 0 aliphatic rings. The Hall–Kier alpha value is -1.00. The average Bonchev–Trinajstić information content (AvgIpc) is 2.30. The van der Waals surface area contributed by atoms with Crippen molar-refractivity contribution in [3.63, 3.8) is 0 Å². The third-order valence-electron chi connectivity index (χ3n) is 3.29. The van der Waals surface area contributed by atoms with Crippen molar-refractivity contribution in [2.75, 3.05) is 20.7 Å². The van der Waals surface area contributed by atoms with E-state index < -0.39 is 0 Å². The van der Waals surface area contributed by atoms with Gasteiger partial charge in [0.15, 0.2) is 5.82 Å². The number of aryl methyl sites for hydroxylation is 2. The van der Waals surface area contributed by atoms with Crippen molar-refractivity contribution in [1.82, 2.24) is 15.3 Å². The molecule has 0 saturated heterocycles. The number of rotatable bonds is 6. The number of ether oxygens (including phenoxy) is 1. The summed E-state index contributed by atoms with van der Waals surface area (Å²) in [5.41, 5.74) is 3.38. The summed E-state index contributed by atoms with van der Waals surface area (Å²) in [7, 11) is 3.67. The number of methoxy groups -OCH3 is 1. The molecule has 1 N–H and O–H groups in total. The smallest absolute Gasteiger partial charge is 0.157 e. The fraction of sp³-hybridized carbons (Fsp3) is 0.714. The molecule has 0 aliphatic carbocycles. The maximum atomic E-state index is 5.41. The minimum Gasteiger partial charge on any atom is -0.373 e. The highest BCUT2D eigenvalue weighted by atomic mass is 16.5. The first-order valence-corrected chi connectivity index (χ1v) is 6.57. The van der Waals surface area contributed by atoms with Gasteiger partial charge in [0.25, 0.3) is 0 Å². The van der Waals surface area contributed by atoms with E-state index in [4.69, 9.17) is 4.74 Å². The predicted molar refractivity (Wildman–Crippen MR) is 73.9 cm³/mol. The van der Waals surface area contributed by atoms with E-state index in [0.717, 1.165) is 30.2 Å². The summed E-state index contributed by atoms with van der Waals surface area (Å²) in [5, 5.41) is 3.20. The van der Waals surface area contributed by atoms with Gasteiger partial charge < -0.3 is 10.1 Å².